The molecule has 196 valence electrons. The maximum atomic E-state index is 14.2. The first kappa shape index (κ1) is 27.8. The van der Waals surface area contributed by atoms with Crippen LogP contribution in [0, 0.1) is 17.8 Å². The van der Waals surface area contributed by atoms with Gasteiger partial charge >= 0.3 is 5.97 Å². The molecule has 3 unspecified atom stereocenters. The molecule has 3 aliphatic heterocycles. The van der Waals surface area contributed by atoms with Crippen LogP contribution in [0.25, 0.3) is 0 Å². The van der Waals surface area contributed by atoms with Gasteiger partial charge in [-0.1, -0.05) is 39.3 Å². The van der Waals surface area contributed by atoms with E-state index in [1.807, 2.05) is 6.92 Å². The lowest BCUT2D eigenvalue weighted by Gasteiger charge is -2.42. The summed E-state index contributed by atoms with van der Waals surface area (Å²) in [6.45, 7) is 14.7. The van der Waals surface area contributed by atoms with Crippen molar-refractivity contribution in [2.75, 3.05) is 26.3 Å². The molecule has 3 heterocycles. The van der Waals surface area contributed by atoms with E-state index in [2.05, 4.69) is 27.0 Å². The van der Waals surface area contributed by atoms with Crippen LogP contribution in [0.2, 0.25) is 0 Å². The third kappa shape index (κ3) is 4.80. The van der Waals surface area contributed by atoms with E-state index in [9.17, 15) is 19.5 Å². The van der Waals surface area contributed by atoms with Crippen molar-refractivity contribution < 1.29 is 24.2 Å². The first-order valence-corrected chi connectivity index (χ1v) is 14.0. The van der Waals surface area contributed by atoms with E-state index >= 15 is 0 Å². The number of aliphatic hydroxyl groups is 1. The van der Waals surface area contributed by atoms with E-state index in [0.717, 1.165) is 25.7 Å². The van der Waals surface area contributed by atoms with E-state index in [4.69, 9.17) is 4.74 Å². The summed E-state index contributed by atoms with van der Waals surface area (Å²) in [6.07, 6.45) is 8.08. The van der Waals surface area contributed by atoms with Crippen molar-refractivity contribution in [3.05, 3.63) is 25.3 Å². The van der Waals surface area contributed by atoms with Crippen LogP contribution in [0.5, 0.6) is 0 Å². The van der Waals surface area contributed by atoms with E-state index in [1.165, 1.54) is 0 Å². The van der Waals surface area contributed by atoms with E-state index in [-0.39, 0.29) is 35.6 Å². The Labute approximate surface area is 214 Å². The highest BCUT2D eigenvalue weighted by Crippen LogP contribution is 2.69. The second-order valence-electron chi connectivity index (χ2n) is 10.1. The van der Waals surface area contributed by atoms with Crippen LogP contribution in [0.15, 0.2) is 25.3 Å². The number of thioether (sulfide) groups is 1. The van der Waals surface area contributed by atoms with Crippen molar-refractivity contribution in [2.45, 2.75) is 81.4 Å². The summed E-state index contributed by atoms with van der Waals surface area (Å²) in [5, 5.41) is 10.1. The molecule has 35 heavy (non-hydrogen) atoms. The number of fused-ring (bicyclic) bond motifs is 1. The predicted octanol–water partition coefficient (Wildman–Crippen LogP) is 3.42. The molecule has 0 aromatic heterocycles. The van der Waals surface area contributed by atoms with Gasteiger partial charge in [0.25, 0.3) is 0 Å². The third-order valence-electron chi connectivity index (χ3n) is 8.00. The summed E-state index contributed by atoms with van der Waals surface area (Å²) in [6, 6.07) is -1.18. The molecular weight excluding hydrogens is 464 g/mol. The van der Waals surface area contributed by atoms with Gasteiger partial charge in [-0.2, -0.15) is 0 Å². The Kier molecular flexibility index (Phi) is 9.49. The van der Waals surface area contributed by atoms with Gasteiger partial charge in [0.1, 0.15) is 6.04 Å². The number of carbonyl (C=O) groups excluding carboxylic acids is 3. The molecule has 3 saturated heterocycles. The molecule has 1 N–H and O–H groups in total. The first-order chi connectivity index (χ1) is 16.8. The number of rotatable bonds is 14. The van der Waals surface area contributed by atoms with Crippen LogP contribution in [-0.2, 0) is 19.1 Å². The lowest BCUT2D eigenvalue weighted by Crippen LogP contribution is -2.59. The molecule has 2 amide bonds. The fourth-order valence-electron chi connectivity index (χ4n) is 6.28. The molecule has 7 nitrogen and oxygen atoms in total. The molecule has 8 heteroatoms. The summed E-state index contributed by atoms with van der Waals surface area (Å²) in [5.74, 6) is -1.71. The van der Waals surface area contributed by atoms with Crippen LogP contribution in [-0.4, -0.2) is 81.1 Å². The number of ether oxygens (including phenoxy) is 1. The number of carbonyl (C=O) groups is 3. The summed E-state index contributed by atoms with van der Waals surface area (Å²) in [7, 11) is 0. The Bertz CT molecular complexity index is 815. The average molecular weight is 507 g/mol. The van der Waals surface area contributed by atoms with Gasteiger partial charge < -0.3 is 19.6 Å². The lowest BCUT2D eigenvalue weighted by atomic mass is 9.66. The molecular formula is C27H42N2O5S. The zero-order valence-corrected chi connectivity index (χ0v) is 22.3. The summed E-state index contributed by atoms with van der Waals surface area (Å²) >= 11 is 1.64. The molecule has 1 spiro atoms. The minimum atomic E-state index is -0.711. The number of unbranched alkanes of at least 4 members (excludes halogenated alkanes) is 2. The zero-order valence-electron chi connectivity index (χ0n) is 21.5. The predicted molar refractivity (Wildman–Crippen MR) is 139 cm³/mol. The zero-order chi connectivity index (χ0) is 25.8. The highest BCUT2D eigenvalue weighted by atomic mass is 32.2. The number of allylic oxidation sites excluding steroid dienone is 1. The Morgan fingerprint density at radius 2 is 2.06 bits per heavy atom. The second kappa shape index (κ2) is 12.0. The maximum Gasteiger partial charge on any atom is 0.310 e. The molecule has 0 aromatic carbocycles. The van der Waals surface area contributed by atoms with Crippen LogP contribution < -0.4 is 0 Å². The minimum Gasteiger partial charge on any atom is -0.465 e. The van der Waals surface area contributed by atoms with Gasteiger partial charge in [-0.15, -0.1) is 24.9 Å². The smallest absolute Gasteiger partial charge is 0.310 e. The number of esters is 1. The van der Waals surface area contributed by atoms with Crippen molar-refractivity contribution in [3.63, 3.8) is 0 Å². The molecule has 0 radical (unpaired) electrons. The number of amides is 2. The molecule has 0 aromatic rings. The summed E-state index contributed by atoms with van der Waals surface area (Å²) < 4.78 is 4.93. The van der Waals surface area contributed by atoms with Crippen LogP contribution in [0.4, 0.5) is 0 Å². The van der Waals surface area contributed by atoms with Crippen LogP contribution in [0.3, 0.4) is 0 Å². The minimum absolute atomic E-state index is 0.0407. The van der Waals surface area contributed by atoms with Gasteiger partial charge in [0, 0.05) is 18.3 Å². The molecule has 2 bridgehead atoms. The number of aliphatic hydroxyl groups excluding tert-OH is 1. The first-order valence-electron chi connectivity index (χ1n) is 13.1. The van der Waals surface area contributed by atoms with E-state index < -0.39 is 28.7 Å². The Morgan fingerprint density at radius 3 is 2.66 bits per heavy atom. The van der Waals surface area contributed by atoms with Crippen molar-refractivity contribution in [2.24, 2.45) is 17.8 Å². The standard InChI is InChI=1S/C27H42N2O5S/c1-6-10-12-15-34-26(33)21-20-16-18(5)27(35-20)22(21)24(31)29(19(9-4)17-30)23(27)25(32)28(13-8-3)14-11-7-2/h6,8,18-23,30H,1,3,7,9-17H2,2,4-5H3/t18?,19-,20+,21-,22-,23?,27?/m0/s1. The van der Waals surface area contributed by atoms with Crippen LogP contribution in [0.1, 0.15) is 59.3 Å². The normalized spacial score (nSPS) is 31.8. The van der Waals surface area contributed by atoms with Gasteiger partial charge in [-0.05, 0) is 38.0 Å². The lowest BCUT2D eigenvalue weighted by molar-refractivity contribution is -0.155. The fourth-order valence-corrected chi connectivity index (χ4v) is 8.67. The summed E-state index contributed by atoms with van der Waals surface area (Å²) in [4.78, 5) is 45.0. The monoisotopic (exact) mass is 506 g/mol. The SMILES string of the molecule is C=CCCCOC(=O)[C@@H]1[C@H]2C(=O)N([C@@H](CC)CO)C(C(=O)N(CC=C)CCCC)C23S[C@@H]1CC3C. The van der Waals surface area contributed by atoms with Crippen molar-refractivity contribution >= 4 is 29.5 Å². The van der Waals surface area contributed by atoms with Gasteiger partial charge in [-0.25, -0.2) is 0 Å². The Hall–Kier alpha value is -1.80. The van der Waals surface area contributed by atoms with Crippen LogP contribution >= 0.6 is 11.8 Å². The number of nitrogens with zero attached hydrogens (tertiary/aromatic N) is 2. The molecule has 3 fully saturated rings. The molecule has 0 aliphatic carbocycles. The quantitative estimate of drug-likeness (QED) is 0.221. The van der Waals surface area contributed by atoms with E-state index in [0.29, 0.717) is 32.5 Å². The second-order valence-corrected chi connectivity index (χ2v) is 11.6. The molecule has 3 aliphatic rings. The maximum absolute atomic E-state index is 14.2. The largest absolute Gasteiger partial charge is 0.465 e. The van der Waals surface area contributed by atoms with Gasteiger partial charge in [-0.3, -0.25) is 14.4 Å². The fraction of sp³-hybridized carbons (Fsp3) is 0.741. The third-order valence-corrected chi connectivity index (χ3v) is 10.1. The molecule has 0 saturated carbocycles. The summed E-state index contributed by atoms with van der Waals surface area (Å²) in [5.41, 5.74) is 0. The van der Waals surface area contributed by atoms with Gasteiger partial charge in [0.05, 0.1) is 35.8 Å². The number of likely N-dealkylation sites (tertiary alicyclic amines) is 1. The van der Waals surface area contributed by atoms with Gasteiger partial charge in [0.15, 0.2) is 0 Å². The Morgan fingerprint density at radius 1 is 1.31 bits per heavy atom. The molecule has 3 rings (SSSR count). The number of hydrogen-bond donors (Lipinski definition) is 1. The topological polar surface area (TPSA) is 87.1 Å². The molecule has 7 atom stereocenters. The van der Waals surface area contributed by atoms with E-state index in [1.54, 1.807) is 33.7 Å². The van der Waals surface area contributed by atoms with Crippen molar-refractivity contribution in [1.82, 2.24) is 9.80 Å². The average Bonchev–Trinajstić information content (AvgIpc) is 3.44. The highest BCUT2D eigenvalue weighted by molar-refractivity contribution is 8.02. The van der Waals surface area contributed by atoms with Crippen molar-refractivity contribution in [1.29, 1.82) is 0 Å². The van der Waals surface area contributed by atoms with Crippen molar-refractivity contribution in [3.8, 4) is 0 Å². The van der Waals surface area contributed by atoms with Gasteiger partial charge in [0.2, 0.25) is 11.8 Å². The highest BCUT2D eigenvalue weighted by Gasteiger charge is 2.77. The number of hydrogen-bond acceptors (Lipinski definition) is 6. The Balaban J connectivity index is 2.01.